The predicted molar refractivity (Wildman–Crippen MR) is 74.9 cm³/mol. The minimum Gasteiger partial charge on any atom is -0.488 e. The van der Waals surface area contributed by atoms with Gasteiger partial charge in [0.15, 0.2) is 0 Å². The lowest BCUT2D eigenvalue weighted by Crippen LogP contribution is -2.08. The minimum atomic E-state index is -4.60. The normalized spacial score (nSPS) is 11.4. The molecule has 0 spiro atoms. The lowest BCUT2D eigenvalue weighted by Gasteiger charge is -2.13. The Kier molecular flexibility index (Phi) is 4.52. The molecule has 0 aliphatic carbocycles. The van der Waals surface area contributed by atoms with Gasteiger partial charge < -0.3 is 4.74 Å². The molecule has 0 bridgehead atoms. The summed E-state index contributed by atoms with van der Waals surface area (Å²) in [5.74, 6) is -1.05. The zero-order valence-corrected chi connectivity index (χ0v) is 12.2. The summed E-state index contributed by atoms with van der Waals surface area (Å²) in [6.45, 7) is 0.0809. The Bertz CT molecular complexity index is 596. The number of alkyl halides is 3. The summed E-state index contributed by atoms with van der Waals surface area (Å²) in [5.41, 5.74) is -0.264. The van der Waals surface area contributed by atoms with Crippen molar-refractivity contribution in [2.45, 2.75) is 12.8 Å². The monoisotopic (exact) mass is 396 g/mol. The van der Waals surface area contributed by atoms with Crippen molar-refractivity contribution in [3.63, 3.8) is 0 Å². The molecule has 6 heteroatoms. The van der Waals surface area contributed by atoms with E-state index in [1.807, 2.05) is 6.07 Å². The van der Waals surface area contributed by atoms with Crippen LogP contribution in [0.1, 0.15) is 11.1 Å². The average Bonchev–Trinajstić information content (AvgIpc) is 2.40. The maximum Gasteiger partial charge on any atom is 0.416 e. The van der Waals surface area contributed by atoms with E-state index >= 15 is 0 Å². The molecule has 2 aromatic carbocycles. The second kappa shape index (κ2) is 5.99. The van der Waals surface area contributed by atoms with Crippen LogP contribution < -0.4 is 4.74 Å². The summed E-state index contributed by atoms with van der Waals surface area (Å²) in [6, 6.07) is 10.2. The molecule has 0 aliphatic heterocycles. The van der Waals surface area contributed by atoms with Gasteiger partial charge in [-0.2, -0.15) is 13.2 Å². The van der Waals surface area contributed by atoms with Gasteiger partial charge in [-0.1, -0.05) is 30.3 Å². The Balaban J connectivity index is 2.25. The van der Waals surface area contributed by atoms with Crippen molar-refractivity contribution in [3.05, 3.63) is 63.0 Å². The van der Waals surface area contributed by atoms with E-state index in [4.69, 9.17) is 4.74 Å². The van der Waals surface area contributed by atoms with Crippen LogP contribution in [-0.4, -0.2) is 0 Å². The highest BCUT2D eigenvalue weighted by Crippen LogP contribution is 2.35. The minimum absolute atomic E-state index is 0.0338. The van der Waals surface area contributed by atoms with Crippen molar-refractivity contribution in [2.75, 3.05) is 0 Å². The molecule has 2 rings (SSSR count). The molecule has 0 radical (unpaired) electrons. The quantitative estimate of drug-likeness (QED) is 0.523. The molecule has 1 nitrogen and oxygen atoms in total. The second-order valence-corrected chi connectivity index (χ2v) is 5.12. The standard InChI is InChI=1S/C14H9F4IO/c15-11-6-10(14(16,17)18)7-12(13(11)19)20-8-9-4-2-1-3-5-9/h1-7H,8H2. The molecule has 0 amide bonds. The number of hydrogen-bond acceptors (Lipinski definition) is 1. The highest BCUT2D eigenvalue weighted by molar-refractivity contribution is 14.1. The molecule has 0 atom stereocenters. The Morgan fingerprint density at radius 3 is 2.30 bits per heavy atom. The zero-order chi connectivity index (χ0) is 14.8. The number of rotatable bonds is 3. The molecular formula is C14H9F4IO. The van der Waals surface area contributed by atoms with E-state index in [0.717, 1.165) is 11.6 Å². The SMILES string of the molecule is Fc1cc(C(F)(F)F)cc(OCc2ccccc2)c1I. The van der Waals surface area contributed by atoms with Gasteiger partial charge in [0, 0.05) is 0 Å². The first-order valence-corrected chi connectivity index (χ1v) is 6.69. The summed E-state index contributed by atoms with van der Waals surface area (Å²) in [4.78, 5) is 0. The van der Waals surface area contributed by atoms with Gasteiger partial charge in [-0.05, 0) is 40.3 Å². The fourth-order valence-corrected chi connectivity index (χ4v) is 2.03. The number of hydrogen-bond donors (Lipinski definition) is 0. The van der Waals surface area contributed by atoms with Crippen LogP contribution in [0.5, 0.6) is 5.75 Å². The van der Waals surface area contributed by atoms with Gasteiger partial charge in [-0.3, -0.25) is 0 Å². The van der Waals surface area contributed by atoms with Crippen molar-refractivity contribution in [1.82, 2.24) is 0 Å². The smallest absolute Gasteiger partial charge is 0.416 e. The molecule has 0 unspecified atom stereocenters. The Morgan fingerprint density at radius 1 is 1.05 bits per heavy atom. The predicted octanol–water partition coefficient (Wildman–Crippen LogP) is 5.03. The molecule has 0 aliphatic rings. The van der Waals surface area contributed by atoms with Gasteiger partial charge in [0.25, 0.3) is 0 Å². The number of halogens is 5. The lowest BCUT2D eigenvalue weighted by molar-refractivity contribution is -0.137. The van der Waals surface area contributed by atoms with E-state index in [-0.39, 0.29) is 15.9 Å². The highest BCUT2D eigenvalue weighted by atomic mass is 127. The van der Waals surface area contributed by atoms with E-state index in [9.17, 15) is 17.6 Å². The third-order valence-electron chi connectivity index (χ3n) is 2.56. The van der Waals surface area contributed by atoms with Crippen LogP contribution in [0.4, 0.5) is 17.6 Å². The Morgan fingerprint density at radius 2 is 1.70 bits per heavy atom. The fraction of sp³-hybridized carbons (Fsp3) is 0.143. The Labute approximate surface area is 126 Å². The van der Waals surface area contributed by atoms with Crippen molar-refractivity contribution >= 4 is 22.6 Å². The summed E-state index contributed by atoms with van der Waals surface area (Å²) in [6.07, 6.45) is -4.60. The van der Waals surface area contributed by atoms with Crippen LogP contribution in [0.25, 0.3) is 0 Å². The molecule has 0 aromatic heterocycles. The maximum absolute atomic E-state index is 13.5. The largest absolute Gasteiger partial charge is 0.488 e. The first-order chi connectivity index (χ1) is 9.38. The number of benzene rings is 2. The third kappa shape index (κ3) is 3.62. The van der Waals surface area contributed by atoms with Gasteiger partial charge in [0.05, 0.1) is 9.13 Å². The van der Waals surface area contributed by atoms with Crippen LogP contribution in [-0.2, 0) is 12.8 Å². The van der Waals surface area contributed by atoms with E-state index in [0.29, 0.717) is 6.07 Å². The van der Waals surface area contributed by atoms with Crippen LogP contribution in [0.3, 0.4) is 0 Å². The van der Waals surface area contributed by atoms with E-state index in [2.05, 4.69) is 0 Å². The van der Waals surface area contributed by atoms with Crippen LogP contribution in [0, 0.1) is 9.39 Å². The summed E-state index contributed by atoms with van der Waals surface area (Å²) >= 11 is 1.63. The molecule has 106 valence electrons. The summed E-state index contributed by atoms with van der Waals surface area (Å²) in [7, 11) is 0. The zero-order valence-electron chi connectivity index (χ0n) is 10.0. The van der Waals surface area contributed by atoms with Gasteiger partial charge >= 0.3 is 6.18 Å². The maximum atomic E-state index is 13.5. The van der Waals surface area contributed by atoms with Crippen molar-refractivity contribution < 1.29 is 22.3 Å². The first kappa shape index (κ1) is 15.1. The second-order valence-electron chi connectivity index (χ2n) is 4.04. The van der Waals surface area contributed by atoms with Crippen molar-refractivity contribution in [2.24, 2.45) is 0 Å². The first-order valence-electron chi connectivity index (χ1n) is 5.61. The van der Waals surface area contributed by atoms with E-state index in [1.165, 1.54) is 0 Å². The molecule has 0 heterocycles. The van der Waals surface area contributed by atoms with E-state index < -0.39 is 17.6 Å². The van der Waals surface area contributed by atoms with Gasteiger partial charge in [0.1, 0.15) is 18.2 Å². The van der Waals surface area contributed by atoms with Gasteiger partial charge in [-0.15, -0.1) is 0 Å². The third-order valence-corrected chi connectivity index (χ3v) is 3.61. The highest BCUT2D eigenvalue weighted by Gasteiger charge is 2.32. The summed E-state index contributed by atoms with van der Waals surface area (Å²) in [5, 5.41) is 0. The Hall–Kier alpha value is -1.31. The van der Waals surface area contributed by atoms with Gasteiger partial charge in [-0.25, -0.2) is 4.39 Å². The van der Waals surface area contributed by atoms with Gasteiger partial charge in [0.2, 0.25) is 0 Å². The lowest BCUT2D eigenvalue weighted by atomic mass is 10.2. The van der Waals surface area contributed by atoms with E-state index in [1.54, 1.807) is 46.9 Å². The molecular weight excluding hydrogens is 387 g/mol. The summed E-state index contributed by atoms with van der Waals surface area (Å²) < 4.78 is 56.7. The number of ether oxygens (including phenoxy) is 1. The molecule has 2 aromatic rings. The molecule has 20 heavy (non-hydrogen) atoms. The van der Waals surface area contributed by atoms with Crippen LogP contribution in [0.2, 0.25) is 0 Å². The topological polar surface area (TPSA) is 9.23 Å². The van der Waals surface area contributed by atoms with Crippen LogP contribution in [0.15, 0.2) is 42.5 Å². The fourth-order valence-electron chi connectivity index (χ4n) is 1.57. The molecule has 0 saturated heterocycles. The van der Waals surface area contributed by atoms with Crippen LogP contribution >= 0.6 is 22.6 Å². The van der Waals surface area contributed by atoms with Crippen molar-refractivity contribution in [1.29, 1.82) is 0 Å². The molecule has 0 N–H and O–H groups in total. The van der Waals surface area contributed by atoms with Crippen molar-refractivity contribution in [3.8, 4) is 5.75 Å². The molecule has 0 fully saturated rings. The molecule has 0 saturated carbocycles. The average molecular weight is 396 g/mol.